The van der Waals surface area contributed by atoms with E-state index in [1.165, 1.54) is 7.05 Å². The van der Waals surface area contributed by atoms with Crippen molar-refractivity contribution in [3.05, 3.63) is 29.3 Å². The number of hydrogen-bond acceptors (Lipinski definition) is 3. The van der Waals surface area contributed by atoms with Gasteiger partial charge in [-0.15, -0.1) is 0 Å². The van der Waals surface area contributed by atoms with E-state index in [1.54, 1.807) is 6.92 Å². The maximum atomic E-state index is 14.1. The molecule has 0 aliphatic heterocycles. The molecule has 4 nitrogen and oxygen atoms in total. The number of sulfonamides is 1. The first-order valence-corrected chi connectivity index (χ1v) is 7.43. The highest BCUT2D eigenvalue weighted by Crippen LogP contribution is 2.36. The summed E-state index contributed by atoms with van der Waals surface area (Å²) in [6.45, 7) is 1.68. The number of benzene rings is 1. The highest BCUT2D eigenvalue weighted by Gasteiger charge is 2.42. The normalized spacial score (nSPS) is 17.5. The molecule has 0 heterocycles. The Hall–Kier alpha value is -1.05. The summed E-state index contributed by atoms with van der Waals surface area (Å²) < 4.78 is 54.2. The molecule has 7 heteroatoms. The van der Waals surface area contributed by atoms with Crippen molar-refractivity contribution >= 4 is 10.0 Å². The Morgan fingerprint density at radius 1 is 1.32 bits per heavy atom. The van der Waals surface area contributed by atoms with Crippen molar-refractivity contribution in [3.63, 3.8) is 0 Å². The zero-order chi connectivity index (χ0) is 14.3. The lowest BCUT2D eigenvalue weighted by Gasteiger charge is -2.14. The Kier molecular flexibility index (Phi) is 3.63. The first-order valence-electron chi connectivity index (χ1n) is 5.94. The lowest BCUT2D eigenvalue weighted by atomic mass is 10.2. The molecule has 0 unspecified atom stereocenters. The quantitative estimate of drug-likeness (QED) is 0.864. The van der Waals surface area contributed by atoms with Crippen LogP contribution in [0.4, 0.5) is 8.78 Å². The Bertz CT molecular complexity index is 598. The molecule has 2 rings (SSSR count). The molecule has 0 spiro atoms. The fourth-order valence-corrected chi connectivity index (χ4v) is 3.36. The van der Waals surface area contributed by atoms with Gasteiger partial charge in [0.2, 0.25) is 10.0 Å². The van der Waals surface area contributed by atoms with E-state index in [9.17, 15) is 17.2 Å². The van der Waals surface area contributed by atoms with Crippen molar-refractivity contribution in [2.75, 3.05) is 7.05 Å². The highest BCUT2D eigenvalue weighted by molar-refractivity contribution is 7.89. The van der Waals surface area contributed by atoms with E-state index in [-0.39, 0.29) is 12.1 Å². The average molecular weight is 290 g/mol. The SMILES string of the molecule is CNCc1c(F)ccc(S(=O)(=O)NC2(C)CC2)c1F. The molecule has 0 atom stereocenters. The molecule has 0 bridgehead atoms. The second kappa shape index (κ2) is 4.81. The molecule has 1 saturated carbocycles. The van der Waals surface area contributed by atoms with Gasteiger partial charge in [-0.3, -0.25) is 0 Å². The van der Waals surface area contributed by atoms with Crippen molar-refractivity contribution in [1.29, 1.82) is 0 Å². The van der Waals surface area contributed by atoms with Crippen LogP contribution in [0.2, 0.25) is 0 Å². The Morgan fingerprint density at radius 3 is 2.47 bits per heavy atom. The smallest absolute Gasteiger partial charge is 0.243 e. The molecule has 1 aliphatic carbocycles. The number of rotatable bonds is 5. The Morgan fingerprint density at radius 2 is 1.95 bits per heavy atom. The molecule has 1 aliphatic rings. The summed E-state index contributed by atoms with van der Waals surface area (Å²) in [6.07, 6.45) is 1.44. The van der Waals surface area contributed by atoms with Gasteiger partial charge < -0.3 is 5.32 Å². The van der Waals surface area contributed by atoms with Crippen molar-refractivity contribution < 1.29 is 17.2 Å². The van der Waals surface area contributed by atoms with Gasteiger partial charge in [0.25, 0.3) is 0 Å². The van der Waals surface area contributed by atoms with E-state index in [0.717, 1.165) is 25.0 Å². The Balaban J connectivity index is 2.42. The predicted molar refractivity (Wildman–Crippen MR) is 67.1 cm³/mol. The fraction of sp³-hybridized carbons (Fsp3) is 0.500. The maximum Gasteiger partial charge on any atom is 0.243 e. The van der Waals surface area contributed by atoms with Gasteiger partial charge in [0, 0.05) is 17.6 Å². The average Bonchev–Trinajstić information content (AvgIpc) is 3.00. The molecular weight excluding hydrogens is 274 g/mol. The molecule has 0 saturated heterocycles. The Labute approximate surface area is 111 Å². The van der Waals surface area contributed by atoms with Crippen molar-refractivity contribution in [2.45, 2.75) is 36.7 Å². The van der Waals surface area contributed by atoms with Crippen LogP contribution >= 0.6 is 0 Å². The summed E-state index contributed by atoms with van der Waals surface area (Å²) in [6, 6.07) is 1.93. The summed E-state index contributed by atoms with van der Waals surface area (Å²) in [4.78, 5) is -0.507. The zero-order valence-corrected chi connectivity index (χ0v) is 11.6. The van der Waals surface area contributed by atoms with E-state index in [1.807, 2.05) is 0 Å². The lowest BCUT2D eigenvalue weighted by Crippen LogP contribution is -2.35. The standard InChI is InChI=1S/C12H16F2N2O2S/c1-12(5-6-12)16-19(17,18)10-4-3-9(13)8(7-15-2)11(10)14/h3-4,15-16H,5-7H2,1-2H3. The topological polar surface area (TPSA) is 58.2 Å². The third kappa shape index (κ3) is 2.93. The molecule has 0 aromatic heterocycles. The minimum atomic E-state index is -3.96. The first kappa shape index (κ1) is 14.4. The van der Waals surface area contributed by atoms with Crippen LogP contribution in [0, 0.1) is 11.6 Å². The molecule has 0 radical (unpaired) electrons. The minimum Gasteiger partial charge on any atom is -0.315 e. The minimum absolute atomic E-state index is 0.0711. The van der Waals surface area contributed by atoms with Crippen LogP contribution in [0.25, 0.3) is 0 Å². The zero-order valence-electron chi connectivity index (χ0n) is 10.8. The fourth-order valence-electron chi connectivity index (χ4n) is 1.79. The van der Waals surface area contributed by atoms with E-state index in [0.29, 0.717) is 0 Å². The monoisotopic (exact) mass is 290 g/mol. The predicted octanol–water partition coefficient (Wildman–Crippen LogP) is 1.51. The van der Waals surface area contributed by atoms with Crippen LogP contribution in [-0.4, -0.2) is 21.0 Å². The van der Waals surface area contributed by atoms with E-state index in [4.69, 9.17) is 0 Å². The molecular formula is C12H16F2N2O2S. The van der Waals surface area contributed by atoms with Crippen LogP contribution in [0.5, 0.6) is 0 Å². The second-order valence-corrected chi connectivity index (χ2v) is 6.69. The third-order valence-electron chi connectivity index (χ3n) is 3.17. The first-order chi connectivity index (χ1) is 8.79. The molecule has 106 valence electrons. The summed E-state index contributed by atoms with van der Waals surface area (Å²) >= 11 is 0. The van der Waals surface area contributed by atoms with Gasteiger partial charge in [0.1, 0.15) is 10.7 Å². The number of halogens is 2. The van der Waals surface area contributed by atoms with Crippen molar-refractivity contribution in [1.82, 2.24) is 10.0 Å². The molecule has 2 N–H and O–H groups in total. The lowest BCUT2D eigenvalue weighted by molar-refractivity contribution is 0.513. The number of hydrogen-bond donors (Lipinski definition) is 2. The van der Waals surface area contributed by atoms with Gasteiger partial charge in [0.05, 0.1) is 0 Å². The van der Waals surface area contributed by atoms with Crippen LogP contribution in [0.1, 0.15) is 25.3 Å². The van der Waals surface area contributed by atoms with E-state index < -0.39 is 32.1 Å². The molecule has 19 heavy (non-hydrogen) atoms. The van der Waals surface area contributed by atoms with Crippen molar-refractivity contribution in [2.24, 2.45) is 0 Å². The summed E-state index contributed by atoms with van der Waals surface area (Å²) in [7, 11) is -2.43. The van der Waals surface area contributed by atoms with Crippen LogP contribution in [0.15, 0.2) is 17.0 Å². The van der Waals surface area contributed by atoms with Gasteiger partial charge in [-0.1, -0.05) is 0 Å². The van der Waals surface area contributed by atoms with Crippen molar-refractivity contribution in [3.8, 4) is 0 Å². The highest BCUT2D eigenvalue weighted by atomic mass is 32.2. The maximum absolute atomic E-state index is 14.1. The van der Waals surface area contributed by atoms with E-state index >= 15 is 0 Å². The summed E-state index contributed by atoms with van der Waals surface area (Å²) in [5.41, 5.74) is -0.769. The van der Waals surface area contributed by atoms with Crippen LogP contribution < -0.4 is 10.0 Å². The van der Waals surface area contributed by atoms with Gasteiger partial charge in [-0.25, -0.2) is 21.9 Å². The molecule has 1 aromatic carbocycles. The molecule has 0 amide bonds. The molecule has 1 aromatic rings. The largest absolute Gasteiger partial charge is 0.315 e. The van der Waals surface area contributed by atoms with Gasteiger partial charge in [-0.2, -0.15) is 0 Å². The summed E-state index contributed by atoms with van der Waals surface area (Å²) in [5, 5.41) is 2.61. The second-order valence-electron chi connectivity index (χ2n) is 5.03. The van der Waals surface area contributed by atoms with Crippen LogP contribution in [0.3, 0.4) is 0 Å². The van der Waals surface area contributed by atoms with Gasteiger partial charge in [0.15, 0.2) is 5.82 Å². The van der Waals surface area contributed by atoms with Gasteiger partial charge >= 0.3 is 0 Å². The van der Waals surface area contributed by atoms with E-state index in [2.05, 4.69) is 10.0 Å². The summed E-state index contributed by atoms with van der Waals surface area (Å²) in [5.74, 6) is -1.80. The third-order valence-corrected chi connectivity index (χ3v) is 4.83. The number of nitrogens with one attached hydrogen (secondary N) is 2. The molecule has 1 fully saturated rings. The van der Waals surface area contributed by atoms with Crippen LogP contribution in [-0.2, 0) is 16.6 Å². The van der Waals surface area contributed by atoms with Gasteiger partial charge in [-0.05, 0) is 38.9 Å².